The van der Waals surface area contributed by atoms with Crippen molar-refractivity contribution in [2.24, 2.45) is 7.05 Å². The van der Waals surface area contributed by atoms with Gasteiger partial charge in [-0.15, -0.1) is 0 Å². The van der Waals surface area contributed by atoms with Crippen molar-refractivity contribution >= 4 is 17.6 Å². The Morgan fingerprint density at radius 1 is 1.19 bits per heavy atom. The van der Waals surface area contributed by atoms with Crippen molar-refractivity contribution in [1.82, 2.24) is 19.1 Å². The van der Waals surface area contributed by atoms with Crippen LogP contribution >= 0.6 is 0 Å². The normalized spacial score (nSPS) is 12.4. The Labute approximate surface area is 180 Å². The first-order chi connectivity index (χ1) is 15.0. The lowest BCUT2D eigenvalue weighted by atomic mass is 10.3. The van der Waals surface area contributed by atoms with Crippen molar-refractivity contribution in [3.63, 3.8) is 0 Å². The highest BCUT2D eigenvalue weighted by Crippen LogP contribution is 2.27. The van der Waals surface area contributed by atoms with Gasteiger partial charge in [0.15, 0.2) is 11.8 Å². The molecule has 0 aliphatic carbocycles. The second kappa shape index (κ2) is 8.73. The predicted octanol–water partition coefficient (Wildman–Crippen LogP) is 2.27. The minimum Gasteiger partial charge on any atom is -0.451 e. The highest BCUT2D eigenvalue weighted by Gasteiger charge is 2.33. The van der Waals surface area contributed by atoms with Crippen molar-refractivity contribution in [3.8, 4) is 5.69 Å². The Morgan fingerprint density at radius 3 is 2.44 bits per heavy atom. The van der Waals surface area contributed by atoms with Crippen molar-refractivity contribution in [2.75, 3.05) is 5.32 Å². The zero-order valence-corrected chi connectivity index (χ0v) is 17.4. The van der Waals surface area contributed by atoms with E-state index in [1.165, 1.54) is 11.6 Å². The van der Waals surface area contributed by atoms with E-state index in [2.05, 4.69) is 10.4 Å². The molecule has 12 heteroatoms. The molecule has 9 nitrogen and oxygen atoms in total. The number of amides is 1. The number of hydrogen-bond donors (Lipinski definition) is 1. The van der Waals surface area contributed by atoms with Crippen LogP contribution in [0.25, 0.3) is 5.69 Å². The molecule has 32 heavy (non-hydrogen) atoms. The van der Waals surface area contributed by atoms with Gasteiger partial charge < -0.3 is 10.1 Å². The number of aromatic nitrogens is 4. The number of halogens is 3. The topological polar surface area (TPSA) is 100 Å². The summed E-state index contributed by atoms with van der Waals surface area (Å²) in [4.78, 5) is 37.3. The molecule has 0 fully saturated rings. The van der Waals surface area contributed by atoms with E-state index in [1.54, 1.807) is 49.0 Å². The van der Waals surface area contributed by atoms with Gasteiger partial charge in [0, 0.05) is 13.2 Å². The van der Waals surface area contributed by atoms with E-state index in [0.717, 1.165) is 16.9 Å². The number of rotatable bonds is 6. The first-order valence-electron chi connectivity index (χ1n) is 9.44. The zero-order valence-electron chi connectivity index (χ0n) is 17.4. The summed E-state index contributed by atoms with van der Waals surface area (Å²) in [6.07, 6.45) is -4.96. The van der Waals surface area contributed by atoms with Crippen molar-refractivity contribution in [2.45, 2.75) is 32.7 Å². The predicted molar refractivity (Wildman–Crippen MR) is 107 cm³/mol. The van der Waals surface area contributed by atoms with Gasteiger partial charge in [-0.2, -0.15) is 18.3 Å². The van der Waals surface area contributed by atoms with E-state index in [0.29, 0.717) is 11.4 Å². The third-order valence-electron chi connectivity index (χ3n) is 4.70. The maximum absolute atomic E-state index is 12.8. The van der Waals surface area contributed by atoms with Gasteiger partial charge in [0.05, 0.1) is 11.4 Å². The van der Waals surface area contributed by atoms with E-state index >= 15 is 0 Å². The molecular weight excluding hydrogens is 431 g/mol. The van der Waals surface area contributed by atoms with E-state index in [-0.39, 0.29) is 5.69 Å². The Morgan fingerprint density at radius 2 is 1.84 bits per heavy atom. The van der Waals surface area contributed by atoms with Gasteiger partial charge in [-0.1, -0.05) is 18.2 Å². The van der Waals surface area contributed by atoms with Crippen LogP contribution in [0.4, 0.5) is 18.9 Å². The van der Waals surface area contributed by atoms with Crippen LogP contribution in [-0.2, 0) is 34.1 Å². The second-order valence-corrected chi connectivity index (χ2v) is 6.95. The highest BCUT2D eigenvalue weighted by atomic mass is 19.4. The van der Waals surface area contributed by atoms with Gasteiger partial charge in [-0.3, -0.25) is 23.7 Å². The first-order valence-corrected chi connectivity index (χ1v) is 9.44. The van der Waals surface area contributed by atoms with Crippen LogP contribution in [0, 0.1) is 6.92 Å². The number of esters is 1. The van der Waals surface area contributed by atoms with Gasteiger partial charge in [0.1, 0.15) is 12.2 Å². The number of alkyl halides is 3. The van der Waals surface area contributed by atoms with Crippen LogP contribution in [0.3, 0.4) is 0 Å². The maximum Gasteiger partial charge on any atom is 0.435 e. The van der Waals surface area contributed by atoms with Gasteiger partial charge >= 0.3 is 12.1 Å². The van der Waals surface area contributed by atoms with Crippen LogP contribution in [-0.4, -0.2) is 37.1 Å². The van der Waals surface area contributed by atoms with Gasteiger partial charge in [0.2, 0.25) is 0 Å². The van der Waals surface area contributed by atoms with Crippen molar-refractivity contribution in [3.05, 3.63) is 64.3 Å². The lowest BCUT2D eigenvalue weighted by Gasteiger charge is -2.13. The largest absolute Gasteiger partial charge is 0.451 e. The molecule has 2 aromatic heterocycles. The molecule has 0 aliphatic rings. The minimum absolute atomic E-state index is 0.0196. The SMILES string of the molecule is Cc1c(NC(=O)C(C)OC(=O)Cn2ccc(C(F)(F)F)n2)c(=O)n(-c2ccccc2)n1C. The number of hydrogen-bond acceptors (Lipinski definition) is 5. The standard InChI is InChI=1S/C20H20F3N5O4/c1-12-17(19(31)28(26(12)3)14-7-5-4-6-8-14)24-18(30)13(2)32-16(29)11-27-10-9-15(25-27)20(21,22)23/h4-10,13H,11H2,1-3H3,(H,24,30). The van der Waals surface area contributed by atoms with Crippen molar-refractivity contribution < 1.29 is 27.5 Å². The van der Waals surface area contributed by atoms with Crippen molar-refractivity contribution in [1.29, 1.82) is 0 Å². The number of carbonyl (C=O) groups excluding carboxylic acids is 2. The van der Waals surface area contributed by atoms with Gasteiger partial charge in [0.25, 0.3) is 11.5 Å². The molecule has 1 atom stereocenters. The molecule has 2 heterocycles. The molecule has 1 aromatic carbocycles. The molecule has 0 spiro atoms. The van der Waals surface area contributed by atoms with Crippen LogP contribution in [0.1, 0.15) is 18.3 Å². The van der Waals surface area contributed by atoms with Crippen LogP contribution < -0.4 is 10.9 Å². The smallest absolute Gasteiger partial charge is 0.435 e. The summed E-state index contributed by atoms with van der Waals surface area (Å²) in [6.45, 7) is 2.31. The molecular formula is C20H20F3N5O4. The number of para-hydroxylation sites is 1. The quantitative estimate of drug-likeness (QED) is 0.580. The third kappa shape index (κ3) is 4.74. The number of ether oxygens (including phenoxy) is 1. The van der Waals surface area contributed by atoms with E-state index in [1.807, 2.05) is 0 Å². The molecule has 0 bridgehead atoms. The highest BCUT2D eigenvalue weighted by molar-refractivity contribution is 5.95. The summed E-state index contributed by atoms with van der Waals surface area (Å²) in [5.41, 5.74) is -0.529. The monoisotopic (exact) mass is 451 g/mol. The summed E-state index contributed by atoms with van der Waals surface area (Å²) in [6, 6.07) is 9.52. The molecule has 1 amide bonds. The Kier molecular flexibility index (Phi) is 6.23. The second-order valence-electron chi connectivity index (χ2n) is 6.95. The molecule has 1 N–H and O–H groups in total. The van der Waals surface area contributed by atoms with E-state index in [9.17, 15) is 27.6 Å². The van der Waals surface area contributed by atoms with E-state index < -0.39 is 42.0 Å². The third-order valence-corrected chi connectivity index (χ3v) is 4.70. The Balaban J connectivity index is 1.68. The zero-order chi connectivity index (χ0) is 23.6. The summed E-state index contributed by atoms with van der Waals surface area (Å²) in [7, 11) is 1.65. The molecule has 3 aromatic rings. The summed E-state index contributed by atoms with van der Waals surface area (Å²) >= 11 is 0. The maximum atomic E-state index is 12.8. The lowest BCUT2D eigenvalue weighted by molar-refractivity contribution is -0.154. The fourth-order valence-corrected chi connectivity index (χ4v) is 2.96. The number of nitrogens with one attached hydrogen (secondary N) is 1. The molecule has 0 radical (unpaired) electrons. The number of carbonyl (C=O) groups is 2. The average molecular weight is 451 g/mol. The summed E-state index contributed by atoms with van der Waals surface area (Å²) in [5.74, 6) is -1.73. The molecule has 1 unspecified atom stereocenters. The molecule has 0 aliphatic heterocycles. The van der Waals surface area contributed by atoms with Gasteiger partial charge in [-0.05, 0) is 32.0 Å². The number of benzene rings is 1. The van der Waals surface area contributed by atoms with Crippen LogP contribution in [0.2, 0.25) is 0 Å². The lowest BCUT2D eigenvalue weighted by Crippen LogP contribution is -2.33. The molecule has 170 valence electrons. The fraction of sp³-hybridized carbons (Fsp3) is 0.300. The van der Waals surface area contributed by atoms with Crippen LogP contribution in [0.15, 0.2) is 47.4 Å². The number of nitrogens with zero attached hydrogens (tertiary/aromatic N) is 4. The number of anilines is 1. The fourth-order valence-electron chi connectivity index (χ4n) is 2.96. The Hall–Kier alpha value is -3.83. The molecule has 0 saturated carbocycles. The summed E-state index contributed by atoms with van der Waals surface area (Å²) < 4.78 is 46.5. The van der Waals surface area contributed by atoms with Gasteiger partial charge in [-0.25, -0.2) is 4.68 Å². The minimum atomic E-state index is -4.64. The molecule has 3 rings (SSSR count). The first kappa shape index (κ1) is 22.8. The molecule has 0 saturated heterocycles. The summed E-state index contributed by atoms with van der Waals surface area (Å²) in [5, 5.41) is 5.71. The van der Waals surface area contributed by atoms with E-state index in [4.69, 9.17) is 4.74 Å². The Bertz CT molecular complexity index is 1190. The average Bonchev–Trinajstić information content (AvgIpc) is 3.27. The van der Waals surface area contributed by atoms with Crippen LogP contribution in [0.5, 0.6) is 0 Å².